The Labute approximate surface area is 127 Å². The smallest absolute Gasteiger partial charge is 0.130 e. The van der Waals surface area contributed by atoms with Gasteiger partial charge < -0.3 is 10.2 Å². The van der Waals surface area contributed by atoms with Gasteiger partial charge in [0.05, 0.1) is 0 Å². The van der Waals surface area contributed by atoms with Crippen LogP contribution in [0.5, 0.6) is 0 Å². The van der Waals surface area contributed by atoms with Crippen LogP contribution in [0.4, 0.5) is 4.39 Å². The van der Waals surface area contributed by atoms with Crippen molar-refractivity contribution in [2.75, 3.05) is 0 Å². The summed E-state index contributed by atoms with van der Waals surface area (Å²) in [7, 11) is 0. The lowest BCUT2D eigenvalue weighted by Crippen LogP contribution is -2.21. The molecule has 3 heteroatoms. The quantitative estimate of drug-likeness (QED) is 0.618. The summed E-state index contributed by atoms with van der Waals surface area (Å²) >= 11 is 0. The third-order valence-corrected chi connectivity index (χ3v) is 4.45. The minimum absolute atomic E-state index is 0.181. The van der Waals surface area contributed by atoms with Gasteiger partial charge in [-0.1, -0.05) is 42.5 Å². The number of benzene rings is 3. The number of aliphatic hydroxyl groups is 2. The molecule has 3 aromatic carbocycles. The predicted molar refractivity (Wildman–Crippen MR) is 86.1 cm³/mol. The van der Waals surface area contributed by atoms with Gasteiger partial charge in [0.1, 0.15) is 18.0 Å². The van der Waals surface area contributed by atoms with Crippen LogP contribution < -0.4 is 0 Å². The summed E-state index contributed by atoms with van der Waals surface area (Å²) < 4.78 is 14.6. The lowest BCUT2D eigenvalue weighted by atomic mass is 9.85. The zero-order chi connectivity index (χ0) is 15.4. The number of halogens is 1. The van der Waals surface area contributed by atoms with Crippen LogP contribution in [-0.4, -0.2) is 16.3 Å². The number of hydrogen-bond acceptors (Lipinski definition) is 2. The number of fused-ring (bicyclic) bond motifs is 5. The first-order valence-electron chi connectivity index (χ1n) is 7.26. The van der Waals surface area contributed by atoms with E-state index >= 15 is 0 Å². The minimum Gasteiger partial charge on any atom is -0.386 e. The lowest BCUT2D eigenvalue weighted by Gasteiger charge is -2.24. The average molecular weight is 294 g/mol. The highest BCUT2D eigenvalue weighted by atomic mass is 19.1. The summed E-state index contributed by atoms with van der Waals surface area (Å²) in [6.45, 7) is 1.98. The number of rotatable bonds is 0. The Kier molecular flexibility index (Phi) is 2.83. The lowest BCUT2D eigenvalue weighted by molar-refractivity contribution is 0.0446. The van der Waals surface area contributed by atoms with Crippen LogP contribution in [0.15, 0.2) is 42.5 Å². The summed E-state index contributed by atoms with van der Waals surface area (Å²) in [6, 6.07) is 11.4. The van der Waals surface area contributed by atoms with E-state index in [1.807, 2.05) is 31.2 Å². The highest BCUT2D eigenvalue weighted by Gasteiger charge is 2.28. The van der Waals surface area contributed by atoms with E-state index in [1.54, 1.807) is 6.08 Å². The summed E-state index contributed by atoms with van der Waals surface area (Å²) in [5.74, 6) is -0.478. The zero-order valence-corrected chi connectivity index (χ0v) is 12.0. The van der Waals surface area contributed by atoms with Crippen LogP contribution in [0.1, 0.15) is 22.8 Å². The van der Waals surface area contributed by atoms with Gasteiger partial charge in [-0.05, 0) is 45.7 Å². The van der Waals surface area contributed by atoms with Crippen molar-refractivity contribution in [2.24, 2.45) is 0 Å². The molecule has 3 aromatic rings. The van der Waals surface area contributed by atoms with Crippen molar-refractivity contribution in [1.29, 1.82) is 0 Å². The van der Waals surface area contributed by atoms with Crippen LogP contribution in [0, 0.1) is 12.7 Å². The van der Waals surface area contributed by atoms with Crippen LogP contribution in [0.3, 0.4) is 0 Å². The Morgan fingerprint density at radius 3 is 2.64 bits per heavy atom. The molecule has 0 saturated heterocycles. The molecule has 0 aromatic heterocycles. The largest absolute Gasteiger partial charge is 0.386 e. The normalized spacial score (nSPS) is 20.5. The highest BCUT2D eigenvalue weighted by Crippen LogP contribution is 2.39. The Morgan fingerprint density at radius 1 is 1.05 bits per heavy atom. The molecule has 4 rings (SSSR count). The fourth-order valence-corrected chi connectivity index (χ4v) is 3.44. The van der Waals surface area contributed by atoms with Gasteiger partial charge in [-0.15, -0.1) is 0 Å². The standard InChI is InChI=1S/C19H15FO2/c1-10-8-11-4-2-3-5-12(11)14-9-15(20)18-13(17(10)14)6-7-16(21)19(18)22/h2-9,16,19,21-22H,1H3/t16-,19+/m0/s1. The third kappa shape index (κ3) is 1.73. The zero-order valence-electron chi connectivity index (χ0n) is 12.0. The molecule has 0 saturated carbocycles. The van der Waals surface area contributed by atoms with Gasteiger partial charge in [0.2, 0.25) is 0 Å². The average Bonchev–Trinajstić information content (AvgIpc) is 2.50. The Hall–Kier alpha value is -2.23. The molecule has 0 unspecified atom stereocenters. The summed E-state index contributed by atoms with van der Waals surface area (Å²) in [5, 5.41) is 23.7. The molecule has 0 aliphatic heterocycles. The second kappa shape index (κ2) is 4.63. The van der Waals surface area contributed by atoms with Crippen molar-refractivity contribution >= 4 is 27.6 Å². The first-order chi connectivity index (χ1) is 10.6. The SMILES string of the molecule is Cc1cc2ccccc2c2cc(F)c3c(c12)C=C[C@H](O)[C@H]3O. The molecule has 2 atom stereocenters. The van der Waals surface area contributed by atoms with E-state index in [-0.39, 0.29) is 5.56 Å². The first kappa shape index (κ1) is 13.4. The van der Waals surface area contributed by atoms with Crippen LogP contribution in [-0.2, 0) is 0 Å². The van der Waals surface area contributed by atoms with Gasteiger partial charge in [-0.3, -0.25) is 0 Å². The fraction of sp³-hybridized carbons (Fsp3) is 0.158. The van der Waals surface area contributed by atoms with Gasteiger partial charge in [0.15, 0.2) is 0 Å². The third-order valence-electron chi connectivity index (χ3n) is 4.45. The second-order valence-corrected chi connectivity index (χ2v) is 5.82. The predicted octanol–water partition coefficient (Wildman–Crippen LogP) is 3.86. The fourth-order valence-electron chi connectivity index (χ4n) is 3.44. The Morgan fingerprint density at radius 2 is 1.82 bits per heavy atom. The van der Waals surface area contributed by atoms with E-state index in [0.29, 0.717) is 5.56 Å². The molecular weight excluding hydrogens is 279 g/mol. The molecular formula is C19H15FO2. The molecule has 1 aliphatic rings. The van der Waals surface area contributed by atoms with Gasteiger partial charge in [0.25, 0.3) is 0 Å². The molecule has 22 heavy (non-hydrogen) atoms. The van der Waals surface area contributed by atoms with Crippen molar-refractivity contribution in [2.45, 2.75) is 19.1 Å². The summed E-state index contributed by atoms with van der Waals surface area (Å²) in [5.41, 5.74) is 1.87. The maximum atomic E-state index is 14.6. The Bertz CT molecular complexity index is 943. The molecule has 0 amide bonds. The number of aliphatic hydroxyl groups excluding tert-OH is 2. The Balaban J connectivity index is 2.23. The first-order valence-corrected chi connectivity index (χ1v) is 7.26. The molecule has 2 N–H and O–H groups in total. The van der Waals surface area contributed by atoms with Gasteiger partial charge in [-0.2, -0.15) is 0 Å². The summed E-state index contributed by atoms with van der Waals surface area (Å²) in [4.78, 5) is 0. The molecule has 0 heterocycles. The van der Waals surface area contributed by atoms with Crippen LogP contribution in [0.25, 0.3) is 27.6 Å². The topological polar surface area (TPSA) is 40.5 Å². The number of hydrogen-bond donors (Lipinski definition) is 2. The van der Waals surface area contributed by atoms with Crippen molar-refractivity contribution in [3.8, 4) is 0 Å². The maximum Gasteiger partial charge on any atom is 0.130 e. The number of aryl methyl sites for hydroxylation is 1. The van der Waals surface area contributed by atoms with E-state index in [2.05, 4.69) is 6.07 Å². The van der Waals surface area contributed by atoms with Crippen molar-refractivity contribution in [3.63, 3.8) is 0 Å². The molecule has 0 radical (unpaired) electrons. The van der Waals surface area contributed by atoms with E-state index in [1.165, 1.54) is 12.1 Å². The van der Waals surface area contributed by atoms with E-state index < -0.39 is 18.0 Å². The van der Waals surface area contributed by atoms with E-state index in [4.69, 9.17) is 0 Å². The van der Waals surface area contributed by atoms with E-state index in [9.17, 15) is 14.6 Å². The molecule has 0 spiro atoms. The van der Waals surface area contributed by atoms with Gasteiger partial charge >= 0.3 is 0 Å². The van der Waals surface area contributed by atoms with E-state index in [0.717, 1.165) is 27.1 Å². The maximum absolute atomic E-state index is 14.6. The molecule has 1 aliphatic carbocycles. The second-order valence-electron chi connectivity index (χ2n) is 5.82. The minimum atomic E-state index is -1.23. The van der Waals surface area contributed by atoms with Crippen molar-refractivity contribution < 1.29 is 14.6 Å². The van der Waals surface area contributed by atoms with Crippen molar-refractivity contribution in [1.82, 2.24) is 0 Å². The molecule has 0 bridgehead atoms. The monoisotopic (exact) mass is 294 g/mol. The molecule has 2 nitrogen and oxygen atoms in total. The van der Waals surface area contributed by atoms with Gasteiger partial charge in [0, 0.05) is 5.56 Å². The van der Waals surface area contributed by atoms with Crippen LogP contribution in [0.2, 0.25) is 0 Å². The van der Waals surface area contributed by atoms with Gasteiger partial charge in [-0.25, -0.2) is 4.39 Å². The highest BCUT2D eigenvalue weighted by molar-refractivity contribution is 6.12. The van der Waals surface area contributed by atoms with Crippen LogP contribution >= 0.6 is 0 Å². The molecule has 0 fully saturated rings. The summed E-state index contributed by atoms with van der Waals surface area (Å²) in [6.07, 6.45) is 0.927. The van der Waals surface area contributed by atoms with Crippen molar-refractivity contribution in [3.05, 3.63) is 65.0 Å². The molecule has 110 valence electrons.